The number of nitrogens with two attached hydrogens (primary N) is 1. The Morgan fingerprint density at radius 3 is 2.61 bits per heavy atom. The summed E-state index contributed by atoms with van der Waals surface area (Å²) in [6, 6.07) is 7.46. The molecule has 3 nitrogen and oxygen atoms in total. The highest BCUT2D eigenvalue weighted by Gasteiger charge is 1.95. The largest absolute Gasteiger partial charge is 0.491 e. The summed E-state index contributed by atoms with van der Waals surface area (Å²) in [5.41, 5.74) is 6.38. The lowest BCUT2D eigenvalue weighted by Crippen LogP contribution is -2.07. The fourth-order valence-electron chi connectivity index (χ4n) is 1.73. The average molecular weight is 251 g/mol. The minimum atomic E-state index is 0.582. The van der Waals surface area contributed by atoms with E-state index in [1.54, 1.807) is 0 Å². The van der Waals surface area contributed by atoms with Crippen molar-refractivity contribution in [2.75, 3.05) is 25.6 Å². The molecule has 0 aromatic heterocycles. The molecular weight excluding hydrogens is 226 g/mol. The van der Waals surface area contributed by atoms with Gasteiger partial charge in [0.05, 0.1) is 6.61 Å². The number of hydrogen-bond acceptors (Lipinski definition) is 3. The molecule has 0 amide bonds. The van der Waals surface area contributed by atoms with Crippen molar-refractivity contribution < 1.29 is 9.47 Å². The highest BCUT2D eigenvalue weighted by Crippen LogP contribution is 2.14. The van der Waals surface area contributed by atoms with Crippen molar-refractivity contribution in [3.8, 4) is 5.75 Å². The van der Waals surface area contributed by atoms with Crippen molar-refractivity contribution in [2.24, 2.45) is 0 Å². The Morgan fingerprint density at radius 2 is 1.83 bits per heavy atom. The second-order valence-electron chi connectivity index (χ2n) is 4.45. The van der Waals surface area contributed by atoms with Crippen LogP contribution in [0.5, 0.6) is 5.75 Å². The fourth-order valence-corrected chi connectivity index (χ4v) is 1.73. The van der Waals surface area contributed by atoms with E-state index in [0.717, 1.165) is 24.5 Å². The summed E-state index contributed by atoms with van der Waals surface area (Å²) in [7, 11) is 0. The maximum atomic E-state index is 5.66. The molecule has 102 valence electrons. The second-order valence-corrected chi connectivity index (χ2v) is 4.45. The van der Waals surface area contributed by atoms with Gasteiger partial charge in [-0.25, -0.2) is 0 Å². The summed E-state index contributed by atoms with van der Waals surface area (Å²) in [5.74, 6) is 0.807. The van der Waals surface area contributed by atoms with Gasteiger partial charge in [-0.15, -0.1) is 0 Å². The van der Waals surface area contributed by atoms with E-state index in [1.807, 2.05) is 24.3 Å². The molecule has 0 aliphatic rings. The normalized spacial score (nSPS) is 10.5. The molecule has 0 aliphatic carbocycles. The molecular formula is C15H25NO2. The molecule has 1 aromatic rings. The van der Waals surface area contributed by atoms with Crippen LogP contribution in [-0.4, -0.2) is 19.8 Å². The molecule has 0 aliphatic heterocycles. The Bertz CT molecular complexity index is 315. The van der Waals surface area contributed by atoms with Gasteiger partial charge < -0.3 is 15.2 Å². The van der Waals surface area contributed by atoms with E-state index in [1.165, 1.54) is 25.7 Å². The van der Waals surface area contributed by atoms with Crippen molar-refractivity contribution in [3.63, 3.8) is 0 Å². The molecule has 0 fully saturated rings. The lowest BCUT2D eigenvalue weighted by Gasteiger charge is -2.07. The van der Waals surface area contributed by atoms with Crippen molar-refractivity contribution >= 4 is 5.69 Å². The van der Waals surface area contributed by atoms with Gasteiger partial charge in [0, 0.05) is 18.4 Å². The second kappa shape index (κ2) is 9.77. The number of benzene rings is 1. The predicted octanol–water partition coefficient (Wildman–Crippen LogP) is 3.63. The van der Waals surface area contributed by atoms with Crippen LogP contribution in [0.3, 0.4) is 0 Å². The molecule has 3 heteroatoms. The van der Waals surface area contributed by atoms with Crippen molar-refractivity contribution in [1.82, 2.24) is 0 Å². The lowest BCUT2D eigenvalue weighted by atomic mass is 10.2. The van der Waals surface area contributed by atoms with Crippen LogP contribution in [-0.2, 0) is 4.74 Å². The van der Waals surface area contributed by atoms with Gasteiger partial charge in [0.15, 0.2) is 0 Å². The SMILES string of the molecule is CCCCCCCOCCOc1cccc(N)c1. The van der Waals surface area contributed by atoms with Gasteiger partial charge >= 0.3 is 0 Å². The fraction of sp³-hybridized carbons (Fsp3) is 0.600. The first-order valence-corrected chi connectivity index (χ1v) is 6.89. The van der Waals surface area contributed by atoms with E-state index in [9.17, 15) is 0 Å². The molecule has 0 saturated carbocycles. The Morgan fingerprint density at radius 1 is 1.00 bits per heavy atom. The topological polar surface area (TPSA) is 44.5 Å². The molecule has 1 aromatic carbocycles. The number of rotatable bonds is 10. The zero-order valence-corrected chi connectivity index (χ0v) is 11.4. The third-order valence-electron chi connectivity index (χ3n) is 2.75. The monoisotopic (exact) mass is 251 g/mol. The number of anilines is 1. The van der Waals surface area contributed by atoms with E-state index in [0.29, 0.717) is 13.2 Å². The van der Waals surface area contributed by atoms with E-state index in [2.05, 4.69) is 6.92 Å². The molecule has 0 unspecified atom stereocenters. The van der Waals surface area contributed by atoms with Crippen LogP contribution in [0.15, 0.2) is 24.3 Å². The molecule has 0 heterocycles. The smallest absolute Gasteiger partial charge is 0.121 e. The maximum Gasteiger partial charge on any atom is 0.121 e. The van der Waals surface area contributed by atoms with Gasteiger partial charge in [-0.3, -0.25) is 0 Å². The van der Waals surface area contributed by atoms with Crippen molar-refractivity contribution in [1.29, 1.82) is 0 Å². The van der Waals surface area contributed by atoms with Gasteiger partial charge in [-0.05, 0) is 18.6 Å². The first-order valence-electron chi connectivity index (χ1n) is 6.89. The van der Waals surface area contributed by atoms with Gasteiger partial charge in [0.2, 0.25) is 0 Å². The third-order valence-corrected chi connectivity index (χ3v) is 2.75. The molecule has 0 saturated heterocycles. The molecule has 0 atom stereocenters. The van der Waals surface area contributed by atoms with Crippen LogP contribution in [0.1, 0.15) is 39.0 Å². The Balaban J connectivity index is 1.92. The lowest BCUT2D eigenvalue weighted by molar-refractivity contribution is 0.0971. The van der Waals surface area contributed by atoms with Gasteiger partial charge in [0.25, 0.3) is 0 Å². The highest BCUT2D eigenvalue weighted by atomic mass is 16.5. The summed E-state index contributed by atoms with van der Waals surface area (Å²) >= 11 is 0. The van der Waals surface area contributed by atoms with E-state index < -0.39 is 0 Å². The van der Waals surface area contributed by atoms with E-state index in [4.69, 9.17) is 15.2 Å². The van der Waals surface area contributed by atoms with Gasteiger partial charge in [-0.2, -0.15) is 0 Å². The predicted molar refractivity (Wildman–Crippen MR) is 75.9 cm³/mol. The molecule has 0 bridgehead atoms. The maximum absolute atomic E-state index is 5.66. The van der Waals surface area contributed by atoms with Crippen LogP contribution in [0.25, 0.3) is 0 Å². The Labute approximate surface area is 110 Å². The molecule has 1 rings (SSSR count). The Hall–Kier alpha value is -1.22. The number of unbranched alkanes of at least 4 members (excludes halogenated alkanes) is 4. The quantitative estimate of drug-likeness (QED) is 0.510. The standard InChI is InChI=1S/C15H25NO2/c1-2-3-4-5-6-10-17-11-12-18-15-9-7-8-14(16)13-15/h7-9,13H,2-6,10-12,16H2,1H3. The first-order chi connectivity index (χ1) is 8.83. The van der Waals surface area contributed by atoms with Crippen LogP contribution in [0.4, 0.5) is 5.69 Å². The molecule has 0 radical (unpaired) electrons. The van der Waals surface area contributed by atoms with Crippen molar-refractivity contribution in [3.05, 3.63) is 24.3 Å². The highest BCUT2D eigenvalue weighted by molar-refractivity contribution is 5.43. The molecule has 18 heavy (non-hydrogen) atoms. The summed E-state index contributed by atoms with van der Waals surface area (Å²) in [4.78, 5) is 0. The van der Waals surface area contributed by atoms with Crippen LogP contribution < -0.4 is 10.5 Å². The average Bonchev–Trinajstić information content (AvgIpc) is 2.37. The summed E-state index contributed by atoms with van der Waals surface area (Å²) in [6.07, 6.45) is 6.36. The molecule has 0 spiro atoms. The number of nitrogen functional groups attached to an aromatic ring is 1. The first kappa shape index (κ1) is 14.8. The van der Waals surface area contributed by atoms with Crippen molar-refractivity contribution in [2.45, 2.75) is 39.0 Å². The minimum absolute atomic E-state index is 0.582. The minimum Gasteiger partial charge on any atom is -0.491 e. The van der Waals surface area contributed by atoms with Crippen LogP contribution in [0, 0.1) is 0 Å². The van der Waals surface area contributed by atoms with E-state index in [-0.39, 0.29) is 0 Å². The third kappa shape index (κ3) is 7.17. The summed E-state index contributed by atoms with van der Waals surface area (Å²) in [6.45, 7) is 4.29. The number of hydrogen-bond donors (Lipinski definition) is 1. The Kier molecular flexibility index (Phi) is 8.06. The van der Waals surface area contributed by atoms with E-state index >= 15 is 0 Å². The number of ether oxygens (including phenoxy) is 2. The summed E-state index contributed by atoms with van der Waals surface area (Å²) < 4.78 is 11.0. The van der Waals surface area contributed by atoms with Crippen LogP contribution in [0.2, 0.25) is 0 Å². The van der Waals surface area contributed by atoms with Crippen LogP contribution >= 0.6 is 0 Å². The van der Waals surface area contributed by atoms with Gasteiger partial charge in [0.1, 0.15) is 12.4 Å². The summed E-state index contributed by atoms with van der Waals surface area (Å²) in [5, 5.41) is 0. The van der Waals surface area contributed by atoms with Gasteiger partial charge in [-0.1, -0.05) is 38.7 Å². The molecule has 2 N–H and O–H groups in total. The zero-order chi connectivity index (χ0) is 13.1. The zero-order valence-electron chi connectivity index (χ0n) is 11.4.